The largest absolute Gasteiger partial charge is 0.494 e. The Morgan fingerprint density at radius 3 is 2.43 bits per heavy atom. The molecular weight excluding hydrogens is 384 g/mol. The van der Waals surface area contributed by atoms with Gasteiger partial charge in [-0.2, -0.15) is 5.10 Å². The minimum Gasteiger partial charge on any atom is -0.494 e. The lowest BCUT2D eigenvalue weighted by Gasteiger charge is -2.13. The summed E-state index contributed by atoms with van der Waals surface area (Å²) in [5.74, 6) is 1.59. The van der Waals surface area contributed by atoms with E-state index in [1.807, 2.05) is 37.3 Å². The maximum atomic E-state index is 12.4. The standard InChI is InChI=1S/C22H24N4O4/c1-5-30-17-9-6-15(7-10-17)18-13-19(25-24-18)22(27)26-23-14(2)16-8-11-20(28-3)21(12-16)29-4/h6-13,23H,2,5H2,1,3-4H3,(H,24,25)(H,26,27). The van der Waals surface area contributed by atoms with Crippen LogP contribution < -0.4 is 25.1 Å². The fraction of sp³-hybridized carbons (Fsp3) is 0.182. The summed E-state index contributed by atoms with van der Waals surface area (Å²) in [6.45, 7) is 6.47. The van der Waals surface area contributed by atoms with Crippen molar-refractivity contribution in [2.75, 3.05) is 20.8 Å². The van der Waals surface area contributed by atoms with Crippen molar-refractivity contribution in [1.29, 1.82) is 0 Å². The first kappa shape index (κ1) is 20.8. The number of carbonyl (C=O) groups is 1. The van der Waals surface area contributed by atoms with Crippen LogP contribution in [0.25, 0.3) is 17.0 Å². The summed E-state index contributed by atoms with van der Waals surface area (Å²) in [7, 11) is 3.12. The second kappa shape index (κ2) is 9.51. The fourth-order valence-corrected chi connectivity index (χ4v) is 2.77. The van der Waals surface area contributed by atoms with Crippen molar-refractivity contribution < 1.29 is 19.0 Å². The van der Waals surface area contributed by atoms with Gasteiger partial charge in [0.15, 0.2) is 11.5 Å². The zero-order valence-electron chi connectivity index (χ0n) is 17.1. The van der Waals surface area contributed by atoms with Gasteiger partial charge >= 0.3 is 0 Å². The summed E-state index contributed by atoms with van der Waals surface area (Å²) in [5, 5.41) is 6.94. The van der Waals surface area contributed by atoms with Crippen LogP contribution in [0.3, 0.4) is 0 Å². The van der Waals surface area contributed by atoms with Gasteiger partial charge in [-0.3, -0.25) is 20.7 Å². The Morgan fingerprint density at radius 1 is 1.03 bits per heavy atom. The molecule has 0 atom stereocenters. The van der Waals surface area contributed by atoms with Crippen LogP contribution >= 0.6 is 0 Å². The number of hydrogen-bond donors (Lipinski definition) is 3. The molecule has 30 heavy (non-hydrogen) atoms. The minimum atomic E-state index is -0.374. The summed E-state index contributed by atoms with van der Waals surface area (Å²) in [5.41, 5.74) is 8.48. The highest BCUT2D eigenvalue weighted by Gasteiger charge is 2.12. The molecule has 3 rings (SSSR count). The summed E-state index contributed by atoms with van der Waals surface area (Å²) in [4.78, 5) is 12.4. The molecule has 0 aliphatic rings. The second-order valence-electron chi connectivity index (χ2n) is 6.25. The highest BCUT2D eigenvalue weighted by Crippen LogP contribution is 2.29. The van der Waals surface area contributed by atoms with Crippen LogP contribution in [0, 0.1) is 0 Å². The third-order valence-corrected chi connectivity index (χ3v) is 4.34. The summed E-state index contributed by atoms with van der Waals surface area (Å²) in [6, 6.07) is 14.5. The van der Waals surface area contributed by atoms with Crippen LogP contribution in [0.15, 0.2) is 55.1 Å². The molecule has 8 nitrogen and oxygen atoms in total. The van der Waals surface area contributed by atoms with Crippen molar-refractivity contribution in [3.05, 3.63) is 66.4 Å². The van der Waals surface area contributed by atoms with Crippen LogP contribution in [-0.4, -0.2) is 36.9 Å². The van der Waals surface area contributed by atoms with Gasteiger partial charge in [-0.1, -0.05) is 6.58 Å². The van der Waals surface area contributed by atoms with Crippen molar-refractivity contribution in [3.8, 4) is 28.5 Å². The molecule has 0 unspecified atom stereocenters. The molecule has 156 valence electrons. The minimum absolute atomic E-state index is 0.312. The number of hydrogen-bond acceptors (Lipinski definition) is 6. The number of rotatable bonds is 9. The van der Waals surface area contributed by atoms with Crippen LogP contribution in [0.5, 0.6) is 17.2 Å². The predicted molar refractivity (Wildman–Crippen MR) is 114 cm³/mol. The molecule has 2 aromatic carbocycles. The molecule has 0 aliphatic carbocycles. The van der Waals surface area contributed by atoms with Gasteiger partial charge in [0.1, 0.15) is 11.4 Å². The van der Waals surface area contributed by atoms with E-state index in [9.17, 15) is 4.79 Å². The number of carbonyl (C=O) groups excluding carboxylic acids is 1. The highest BCUT2D eigenvalue weighted by molar-refractivity contribution is 5.93. The normalized spacial score (nSPS) is 10.2. The first-order valence-electron chi connectivity index (χ1n) is 9.32. The molecule has 0 bridgehead atoms. The van der Waals surface area contributed by atoms with Crippen molar-refractivity contribution >= 4 is 11.6 Å². The topological polar surface area (TPSA) is 97.5 Å². The zero-order valence-corrected chi connectivity index (χ0v) is 17.1. The van der Waals surface area contributed by atoms with E-state index in [-0.39, 0.29) is 5.91 Å². The molecule has 0 aliphatic heterocycles. The molecule has 3 aromatic rings. The van der Waals surface area contributed by atoms with Gasteiger partial charge in [0.2, 0.25) is 0 Å². The highest BCUT2D eigenvalue weighted by atomic mass is 16.5. The lowest BCUT2D eigenvalue weighted by Crippen LogP contribution is -2.36. The Bertz CT molecular complexity index is 1030. The SMILES string of the molecule is C=C(NNC(=O)c1cc(-c2ccc(OCC)cc2)n[nH]1)c1ccc(OC)c(OC)c1. The lowest BCUT2D eigenvalue weighted by atomic mass is 10.1. The summed E-state index contributed by atoms with van der Waals surface area (Å²) < 4.78 is 15.9. The molecular formula is C22H24N4O4. The van der Waals surface area contributed by atoms with Gasteiger partial charge in [-0.15, -0.1) is 0 Å². The molecule has 0 fully saturated rings. The Labute approximate surface area is 174 Å². The van der Waals surface area contributed by atoms with Crippen molar-refractivity contribution in [2.45, 2.75) is 6.92 Å². The number of aromatic nitrogens is 2. The number of nitrogens with zero attached hydrogens (tertiary/aromatic N) is 1. The maximum Gasteiger partial charge on any atom is 0.287 e. The Morgan fingerprint density at radius 2 is 1.77 bits per heavy atom. The molecule has 0 saturated carbocycles. The van der Waals surface area contributed by atoms with E-state index in [0.717, 1.165) is 16.9 Å². The molecule has 0 saturated heterocycles. The van der Waals surface area contributed by atoms with Crippen LogP contribution in [-0.2, 0) is 0 Å². The van der Waals surface area contributed by atoms with E-state index in [2.05, 4.69) is 27.6 Å². The number of benzene rings is 2. The van der Waals surface area contributed by atoms with Gasteiger partial charge in [-0.05, 0) is 55.5 Å². The number of aromatic amines is 1. The summed E-state index contributed by atoms with van der Waals surface area (Å²) in [6.07, 6.45) is 0. The van der Waals surface area contributed by atoms with E-state index >= 15 is 0 Å². The Kier molecular flexibility index (Phi) is 6.59. The second-order valence-corrected chi connectivity index (χ2v) is 6.25. The third-order valence-electron chi connectivity index (χ3n) is 4.34. The van der Waals surface area contributed by atoms with Crippen molar-refractivity contribution in [2.24, 2.45) is 0 Å². The molecule has 1 heterocycles. The van der Waals surface area contributed by atoms with Gasteiger partial charge < -0.3 is 14.2 Å². The Balaban J connectivity index is 1.62. The number of H-pyrrole nitrogens is 1. The Hall–Kier alpha value is -3.94. The van der Waals surface area contributed by atoms with E-state index in [1.54, 1.807) is 32.4 Å². The van der Waals surface area contributed by atoms with Crippen LogP contribution in [0.4, 0.5) is 0 Å². The number of ether oxygens (including phenoxy) is 3. The molecule has 1 aromatic heterocycles. The maximum absolute atomic E-state index is 12.4. The number of amides is 1. The molecule has 0 spiro atoms. The smallest absolute Gasteiger partial charge is 0.287 e. The van der Waals surface area contributed by atoms with Crippen molar-refractivity contribution in [1.82, 2.24) is 21.0 Å². The summed E-state index contributed by atoms with van der Waals surface area (Å²) >= 11 is 0. The first-order chi connectivity index (χ1) is 14.5. The molecule has 3 N–H and O–H groups in total. The van der Waals surface area contributed by atoms with E-state index in [4.69, 9.17) is 14.2 Å². The zero-order chi connectivity index (χ0) is 21.5. The lowest BCUT2D eigenvalue weighted by molar-refractivity contribution is 0.0937. The van der Waals surface area contributed by atoms with Gasteiger partial charge in [-0.25, -0.2) is 0 Å². The van der Waals surface area contributed by atoms with Gasteiger partial charge in [0.05, 0.1) is 32.2 Å². The number of nitrogens with one attached hydrogen (secondary N) is 3. The van der Waals surface area contributed by atoms with E-state index in [0.29, 0.717) is 35.2 Å². The third kappa shape index (κ3) is 4.72. The number of hydrazine groups is 1. The van der Waals surface area contributed by atoms with Crippen LogP contribution in [0.1, 0.15) is 23.0 Å². The van der Waals surface area contributed by atoms with Crippen molar-refractivity contribution in [3.63, 3.8) is 0 Å². The van der Waals surface area contributed by atoms with E-state index in [1.165, 1.54) is 0 Å². The van der Waals surface area contributed by atoms with Crippen LogP contribution in [0.2, 0.25) is 0 Å². The molecule has 0 radical (unpaired) electrons. The van der Waals surface area contributed by atoms with Gasteiger partial charge in [0, 0.05) is 11.1 Å². The molecule has 8 heteroatoms. The fourth-order valence-electron chi connectivity index (χ4n) is 2.77. The molecule has 1 amide bonds. The average Bonchev–Trinajstić information content (AvgIpc) is 3.28. The average molecular weight is 408 g/mol. The monoisotopic (exact) mass is 408 g/mol. The quantitative estimate of drug-likeness (QED) is 0.470. The van der Waals surface area contributed by atoms with E-state index < -0.39 is 0 Å². The first-order valence-corrected chi connectivity index (χ1v) is 9.32. The van der Waals surface area contributed by atoms with Gasteiger partial charge in [0.25, 0.3) is 5.91 Å². The number of methoxy groups -OCH3 is 2. The predicted octanol–water partition coefficient (Wildman–Crippen LogP) is 3.40.